The standard InChI is InChI=1S/C20H25N3O7S2/c1-22(2)31(25,26)17-6-4-5-15(13-17)20(24)21-16-7-8-18(29-3)19(14-16)32(27,28)23-9-11-30-12-10-23/h4-8,13-14H,9-12H2,1-3H3,(H,21,24). The van der Waals surface area contributed by atoms with E-state index in [1.165, 1.54) is 68.0 Å². The number of carbonyl (C=O) groups excluding carboxylic acids is 1. The summed E-state index contributed by atoms with van der Waals surface area (Å²) in [6.45, 7) is 1.03. The van der Waals surface area contributed by atoms with Crippen molar-refractivity contribution < 1.29 is 31.1 Å². The third-order valence-corrected chi connectivity index (χ3v) is 8.62. The van der Waals surface area contributed by atoms with Gasteiger partial charge in [-0.25, -0.2) is 21.1 Å². The highest BCUT2D eigenvalue weighted by Crippen LogP contribution is 2.30. The first kappa shape index (κ1) is 24.1. The van der Waals surface area contributed by atoms with Crippen molar-refractivity contribution in [2.75, 3.05) is 52.8 Å². The highest BCUT2D eigenvalue weighted by molar-refractivity contribution is 7.89. The molecule has 0 saturated carbocycles. The van der Waals surface area contributed by atoms with Gasteiger partial charge in [-0.1, -0.05) is 6.07 Å². The molecule has 10 nitrogen and oxygen atoms in total. The maximum Gasteiger partial charge on any atom is 0.255 e. The smallest absolute Gasteiger partial charge is 0.255 e. The fourth-order valence-corrected chi connectivity index (χ4v) is 5.63. The van der Waals surface area contributed by atoms with Crippen molar-refractivity contribution in [1.29, 1.82) is 0 Å². The number of amides is 1. The lowest BCUT2D eigenvalue weighted by molar-refractivity contribution is 0.0729. The van der Waals surface area contributed by atoms with Gasteiger partial charge in [-0.3, -0.25) is 4.79 Å². The van der Waals surface area contributed by atoms with Crippen LogP contribution < -0.4 is 10.1 Å². The fraction of sp³-hybridized carbons (Fsp3) is 0.350. The molecule has 1 aliphatic heterocycles. The summed E-state index contributed by atoms with van der Waals surface area (Å²) < 4.78 is 63.7. The zero-order valence-electron chi connectivity index (χ0n) is 17.9. The van der Waals surface area contributed by atoms with Gasteiger partial charge in [0.25, 0.3) is 5.91 Å². The van der Waals surface area contributed by atoms with Crippen LogP contribution in [0.15, 0.2) is 52.3 Å². The quantitative estimate of drug-likeness (QED) is 0.628. The van der Waals surface area contributed by atoms with Gasteiger partial charge in [0.2, 0.25) is 20.0 Å². The highest BCUT2D eigenvalue weighted by Gasteiger charge is 2.29. The molecule has 1 amide bonds. The third-order valence-electron chi connectivity index (χ3n) is 4.88. The molecule has 2 aromatic rings. The second-order valence-corrected chi connectivity index (χ2v) is 11.2. The first-order valence-corrected chi connectivity index (χ1v) is 12.6. The van der Waals surface area contributed by atoms with E-state index >= 15 is 0 Å². The van der Waals surface area contributed by atoms with Crippen LogP contribution in [0.3, 0.4) is 0 Å². The van der Waals surface area contributed by atoms with Gasteiger partial charge in [0.1, 0.15) is 10.6 Å². The molecule has 0 radical (unpaired) electrons. The summed E-state index contributed by atoms with van der Waals surface area (Å²) in [6.07, 6.45) is 0. The molecule has 1 N–H and O–H groups in total. The summed E-state index contributed by atoms with van der Waals surface area (Å²) in [7, 11) is -3.42. The Bertz CT molecular complexity index is 1210. The zero-order chi connectivity index (χ0) is 23.5. The molecule has 0 spiro atoms. The van der Waals surface area contributed by atoms with E-state index in [4.69, 9.17) is 9.47 Å². The molecule has 12 heteroatoms. The number of anilines is 1. The van der Waals surface area contributed by atoms with Gasteiger partial charge < -0.3 is 14.8 Å². The Labute approximate surface area is 187 Å². The van der Waals surface area contributed by atoms with Crippen molar-refractivity contribution >= 4 is 31.6 Å². The number of nitrogens with one attached hydrogen (secondary N) is 1. The third kappa shape index (κ3) is 4.94. The highest BCUT2D eigenvalue weighted by atomic mass is 32.2. The van der Waals surface area contributed by atoms with Crippen LogP contribution in [-0.2, 0) is 24.8 Å². The summed E-state index contributed by atoms with van der Waals surface area (Å²) in [5, 5.41) is 2.62. The summed E-state index contributed by atoms with van der Waals surface area (Å²) in [5.74, 6) is -0.436. The molecule has 1 fully saturated rings. The van der Waals surface area contributed by atoms with E-state index < -0.39 is 26.0 Å². The van der Waals surface area contributed by atoms with Crippen molar-refractivity contribution in [2.45, 2.75) is 9.79 Å². The van der Waals surface area contributed by atoms with Gasteiger partial charge >= 0.3 is 0 Å². The zero-order valence-corrected chi connectivity index (χ0v) is 19.6. The first-order valence-electron chi connectivity index (χ1n) is 9.67. The lowest BCUT2D eigenvalue weighted by Gasteiger charge is -2.26. The predicted octanol–water partition coefficient (Wildman–Crippen LogP) is 1.22. The average Bonchev–Trinajstić information content (AvgIpc) is 2.79. The number of hydrogen-bond donors (Lipinski definition) is 1. The molecule has 0 aromatic heterocycles. The number of nitrogens with zero attached hydrogens (tertiary/aromatic N) is 2. The number of sulfonamides is 2. The molecule has 2 aromatic carbocycles. The predicted molar refractivity (Wildman–Crippen MR) is 118 cm³/mol. The molecule has 0 bridgehead atoms. The number of methoxy groups -OCH3 is 1. The van der Waals surface area contributed by atoms with E-state index in [-0.39, 0.29) is 39.9 Å². The normalized spacial score (nSPS) is 15.5. The van der Waals surface area contributed by atoms with Crippen LogP contribution in [0.4, 0.5) is 5.69 Å². The molecule has 0 atom stereocenters. The fourth-order valence-electron chi connectivity index (χ4n) is 3.09. The largest absolute Gasteiger partial charge is 0.495 e. The second-order valence-electron chi connectivity index (χ2n) is 7.15. The van der Waals surface area contributed by atoms with Gasteiger partial charge in [0.15, 0.2) is 0 Å². The van der Waals surface area contributed by atoms with Gasteiger partial charge in [0.05, 0.1) is 25.2 Å². The number of ether oxygens (including phenoxy) is 2. The van der Waals surface area contributed by atoms with E-state index in [0.29, 0.717) is 13.2 Å². The van der Waals surface area contributed by atoms with Gasteiger partial charge in [-0.15, -0.1) is 0 Å². The molecular formula is C20H25N3O7S2. The van der Waals surface area contributed by atoms with E-state index in [1.807, 2.05) is 0 Å². The Balaban J connectivity index is 1.90. The number of rotatable bonds is 7. The summed E-state index contributed by atoms with van der Waals surface area (Å²) in [6, 6.07) is 9.88. The van der Waals surface area contributed by atoms with Crippen LogP contribution in [0, 0.1) is 0 Å². The van der Waals surface area contributed by atoms with Crippen molar-refractivity contribution in [1.82, 2.24) is 8.61 Å². The molecule has 1 saturated heterocycles. The lowest BCUT2D eigenvalue weighted by Crippen LogP contribution is -2.40. The Hall–Kier alpha value is -2.51. The molecular weight excluding hydrogens is 458 g/mol. The minimum absolute atomic E-state index is 0.0273. The van der Waals surface area contributed by atoms with Crippen LogP contribution >= 0.6 is 0 Å². The maximum absolute atomic E-state index is 13.1. The Kier molecular flexibility index (Phi) is 7.20. The summed E-state index contributed by atoms with van der Waals surface area (Å²) in [5.41, 5.74) is 0.338. The summed E-state index contributed by atoms with van der Waals surface area (Å²) >= 11 is 0. The molecule has 174 valence electrons. The molecule has 1 aliphatic rings. The second kappa shape index (κ2) is 9.55. The van der Waals surface area contributed by atoms with E-state index in [1.54, 1.807) is 0 Å². The number of carbonyl (C=O) groups is 1. The van der Waals surface area contributed by atoms with E-state index in [2.05, 4.69) is 5.32 Å². The van der Waals surface area contributed by atoms with Gasteiger partial charge in [-0.05, 0) is 36.4 Å². The molecule has 0 unspecified atom stereocenters. The molecule has 1 heterocycles. The Morgan fingerprint density at radius 2 is 1.75 bits per heavy atom. The maximum atomic E-state index is 13.1. The van der Waals surface area contributed by atoms with Gasteiger partial charge in [-0.2, -0.15) is 4.31 Å². The first-order chi connectivity index (χ1) is 15.1. The minimum Gasteiger partial charge on any atom is -0.495 e. The minimum atomic E-state index is -3.87. The van der Waals surface area contributed by atoms with E-state index in [0.717, 1.165) is 4.31 Å². The molecule has 0 aliphatic carbocycles. The lowest BCUT2D eigenvalue weighted by atomic mass is 10.2. The van der Waals surface area contributed by atoms with Crippen molar-refractivity contribution in [2.24, 2.45) is 0 Å². The molecule has 32 heavy (non-hydrogen) atoms. The number of hydrogen-bond acceptors (Lipinski definition) is 7. The number of morpholine rings is 1. The Morgan fingerprint density at radius 1 is 1.06 bits per heavy atom. The summed E-state index contributed by atoms with van der Waals surface area (Å²) in [4.78, 5) is 12.6. The van der Waals surface area contributed by atoms with Crippen LogP contribution in [0.2, 0.25) is 0 Å². The topological polar surface area (TPSA) is 122 Å². The van der Waals surface area contributed by atoms with Gasteiger partial charge in [0, 0.05) is 38.4 Å². The SMILES string of the molecule is COc1ccc(NC(=O)c2cccc(S(=O)(=O)N(C)C)c2)cc1S(=O)(=O)N1CCOCC1. The van der Waals surface area contributed by atoms with Crippen molar-refractivity contribution in [3.63, 3.8) is 0 Å². The van der Waals surface area contributed by atoms with Crippen LogP contribution in [-0.4, -0.2) is 78.9 Å². The Morgan fingerprint density at radius 3 is 2.38 bits per heavy atom. The number of benzene rings is 2. The van der Waals surface area contributed by atoms with Crippen LogP contribution in [0.1, 0.15) is 10.4 Å². The molecule has 3 rings (SSSR count). The van der Waals surface area contributed by atoms with Crippen molar-refractivity contribution in [3.05, 3.63) is 48.0 Å². The monoisotopic (exact) mass is 483 g/mol. The van der Waals surface area contributed by atoms with Crippen LogP contribution in [0.25, 0.3) is 0 Å². The van der Waals surface area contributed by atoms with E-state index in [9.17, 15) is 21.6 Å². The van der Waals surface area contributed by atoms with Crippen molar-refractivity contribution in [3.8, 4) is 5.75 Å². The average molecular weight is 484 g/mol. The van der Waals surface area contributed by atoms with Crippen LogP contribution in [0.5, 0.6) is 5.75 Å².